The van der Waals surface area contributed by atoms with Gasteiger partial charge in [0.15, 0.2) is 0 Å². The van der Waals surface area contributed by atoms with Gasteiger partial charge in [-0.2, -0.15) is 0 Å². The molecule has 1 aliphatic rings. The van der Waals surface area contributed by atoms with Crippen molar-refractivity contribution in [1.82, 2.24) is 9.78 Å². The summed E-state index contributed by atoms with van der Waals surface area (Å²) in [5, 5.41) is 2.84. The van der Waals surface area contributed by atoms with Crippen LogP contribution in [0.3, 0.4) is 0 Å². The third-order valence-electron chi connectivity index (χ3n) is 2.38. The van der Waals surface area contributed by atoms with E-state index in [0.29, 0.717) is 12.6 Å². The number of H-pyrrole nitrogens is 1. The van der Waals surface area contributed by atoms with Crippen molar-refractivity contribution >= 4 is 0 Å². The van der Waals surface area contributed by atoms with Crippen LogP contribution in [0.4, 0.5) is 0 Å². The standard InChI is InChI=1S/C9H14N2O2/c1-6(2)11-8-3-4-13-5-7(8)9(12)10-11/h6H,3-5H2,1-2H3,(H,10,12). The Labute approximate surface area is 76.5 Å². The van der Waals surface area contributed by atoms with Gasteiger partial charge in [-0.05, 0) is 13.8 Å². The van der Waals surface area contributed by atoms with Crippen LogP contribution in [0.5, 0.6) is 0 Å². The van der Waals surface area contributed by atoms with E-state index in [0.717, 1.165) is 24.3 Å². The van der Waals surface area contributed by atoms with Crippen molar-refractivity contribution in [2.24, 2.45) is 0 Å². The molecule has 0 atom stereocenters. The van der Waals surface area contributed by atoms with E-state index in [1.807, 2.05) is 4.68 Å². The van der Waals surface area contributed by atoms with E-state index < -0.39 is 0 Å². The molecule has 2 heterocycles. The first-order valence-corrected chi connectivity index (χ1v) is 4.60. The maximum absolute atomic E-state index is 11.4. The second-order valence-electron chi connectivity index (χ2n) is 3.63. The van der Waals surface area contributed by atoms with Crippen LogP contribution in [0.2, 0.25) is 0 Å². The fraction of sp³-hybridized carbons (Fsp3) is 0.667. The number of ether oxygens (including phenoxy) is 1. The predicted molar refractivity (Wildman–Crippen MR) is 48.8 cm³/mol. The van der Waals surface area contributed by atoms with Crippen molar-refractivity contribution in [3.63, 3.8) is 0 Å². The Morgan fingerprint density at radius 1 is 1.54 bits per heavy atom. The highest BCUT2D eigenvalue weighted by Gasteiger charge is 2.19. The molecule has 1 aromatic rings. The van der Waals surface area contributed by atoms with E-state index in [9.17, 15) is 4.79 Å². The zero-order valence-corrected chi connectivity index (χ0v) is 7.96. The molecule has 0 saturated heterocycles. The average molecular weight is 182 g/mol. The summed E-state index contributed by atoms with van der Waals surface area (Å²) < 4.78 is 7.18. The van der Waals surface area contributed by atoms with Gasteiger partial charge in [0.2, 0.25) is 0 Å². The molecule has 0 fully saturated rings. The van der Waals surface area contributed by atoms with Crippen molar-refractivity contribution < 1.29 is 4.74 Å². The summed E-state index contributed by atoms with van der Waals surface area (Å²) in [6.45, 7) is 5.30. The number of nitrogens with one attached hydrogen (secondary N) is 1. The Morgan fingerprint density at radius 3 is 3.00 bits per heavy atom. The van der Waals surface area contributed by atoms with E-state index in [2.05, 4.69) is 18.9 Å². The van der Waals surface area contributed by atoms with Gasteiger partial charge in [-0.3, -0.25) is 14.6 Å². The number of aromatic nitrogens is 2. The van der Waals surface area contributed by atoms with Crippen molar-refractivity contribution in [2.45, 2.75) is 32.9 Å². The lowest BCUT2D eigenvalue weighted by molar-refractivity contribution is 0.108. The Morgan fingerprint density at radius 2 is 2.31 bits per heavy atom. The molecule has 13 heavy (non-hydrogen) atoms. The maximum atomic E-state index is 11.4. The third-order valence-corrected chi connectivity index (χ3v) is 2.38. The minimum atomic E-state index is 0.00315. The first-order chi connectivity index (χ1) is 6.20. The first kappa shape index (κ1) is 8.56. The highest BCUT2D eigenvalue weighted by molar-refractivity contribution is 5.19. The van der Waals surface area contributed by atoms with E-state index in [1.165, 1.54) is 0 Å². The second kappa shape index (κ2) is 3.03. The Bertz CT molecular complexity index is 362. The highest BCUT2D eigenvalue weighted by Crippen LogP contribution is 2.15. The first-order valence-electron chi connectivity index (χ1n) is 4.60. The monoisotopic (exact) mass is 182 g/mol. The fourth-order valence-corrected chi connectivity index (χ4v) is 1.72. The summed E-state index contributed by atoms with van der Waals surface area (Å²) in [5.41, 5.74) is 1.93. The lowest BCUT2D eigenvalue weighted by Crippen LogP contribution is -2.16. The van der Waals surface area contributed by atoms with Gasteiger partial charge in [-0.15, -0.1) is 0 Å². The summed E-state index contributed by atoms with van der Waals surface area (Å²) >= 11 is 0. The summed E-state index contributed by atoms with van der Waals surface area (Å²) in [4.78, 5) is 11.4. The van der Waals surface area contributed by atoms with Crippen LogP contribution in [0, 0.1) is 0 Å². The minimum Gasteiger partial charge on any atom is -0.376 e. The molecule has 4 nitrogen and oxygen atoms in total. The van der Waals surface area contributed by atoms with Gasteiger partial charge in [-0.25, -0.2) is 0 Å². The summed E-state index contributed by atoms with van der Waals surface area (Å²) in [5.74, 6) is 0. The van der Waals surface area contributed by atoms with Gasteiger partial charge < -0.3 is 4.74 Å². The molecule has 4 heteroatoms. The van der Waals surface area contributed by atoms with Crippen molar-refractivity contribution in [1.29, 1.82) is 0 Å². The van der Waals surface area contributed by atoms with E-state index in [1.54, 1.807) is 0 Å². The molecule has 0 amide bonds. The Balaban J connectivity index is 2.54. The number of nitrogens with zero attached hydrogens (tertiary/aromatic N) is 1. The molecule has 0 bridgehead atoms. The molecule has 0 radical (unpaired) electrons. The molecule has 1 aliphatic heterocycles. The normalized spacial score (nSPS) is 16.2. The van der Waals surface area contributed by atoms with Crippen molar-refractivity contribution in [3.8, 4) is 0 Å². The smallest absolute Gasteiger partial charge is 0.269 e. The second-order valence-corrected chi connectivity index (χ2v) is 3.63. The molecule has 0 unspecified atom stereocenters. The molecule has 0 aromatic carbocycles. The lowest BCUT2D eigenvalue weighted by Gasteiger charge is -2.16. The van der Waals surface area contributed by atoms with Crippen molar-refractivity contribution in [2.75, 3.05) is 6.61 Å². The minimum absolute atomic E-state index is 0.00315. The van der Waals surface area contributed by atoms with E-state index in [-0.39, 0.29) is 5.56 Å². The van der Waals surface area contributed by atoms with Gasteiger partial charge in [-0.1, -0.05) is 0 Å². The molecule has 72 valence electrons. The van der Waals surface area contributed by atoms with Crippen LogP contribution >= 0.6 is 0 Å². The van der Waals surface area contributed by atoms with Crippen LogP contribution in [0.25, 0.3) is 0 Å². The highest BCUT2D eigenvalue weighted by atomic mass is 16.5. The maximum Gasteiger partial charge on any atom is 0.269 e. The molecular formula is C9H14N2O2. The predicted octanol–water partition coefficient (Wildman–Crippen LogP) is 0.830. The number of fused-ring (bicyclic) bond motifs is 1. The van der Waals surface area contributed by atoms with Crippen molar-refractivity contribution in [3.05, 3.63) is 21.6 Å². The Hall–Kier alpha value is -1.03. The van der Waals surface area contributed by atoms with Crippen LogP contribution < -0.4 is 5.56 Å². The molecule has 0 spiro atoms. The van der Waals surface area contributed by atoms with Gasteiger partial charge in [0.25, 0.3) is 5.56 Å². The average Bonchev–Trinajstić information content (AvgIpc) is 2.45. The zero-order chi connectivity index (χ0) is 9.42. The van der Waals surface area contributed by atoms with Gasteiger partial charge in [0.1, 0.15) is 0 Å². The van der Waals surface area contributed by atoms with E-state index in [4.69, 9.17) is 4.74 Å². The van der Waals surface area contributed by atoms with Gasteiger partial charge in [0, 0.05) is 18.2 Å². The van der Waals surface area contributed by atoms with Crippen LogP contribution in [-0.2, 0) is 17.8 Å². The molecule has 1 N–H and O–H groups in total. The molecular weight excluding hydrogens is 168 g/mol. The number of rotatable bonds is 1. The SMILES string of the molecule is CC(C)n1[nH]c(=O)c2c1CCOC2. The number of aromatic amines is 1. The fourth-order valence-electron chi connectivity index (χ4n) is 1.72. The number of hydrogen-bond donors (Lipinski definition) is 1. The van der Waals surface area contributed by atoms with Gasteiger partial charge in [0.05, 0.1) is 18.8 Å². The summed E-state index contributed by atoms with van der Waals surface area (Å²) in [7, 11) is 0. The largest absolute Gasteiger partial charge is 0.376 e. The lowest BCUT2D eigenvalue weighted by atomic mass is 10.1. The molecule has 0 aliphatic carbocycles. The molecule has 0 saturated carbocycles. The van der Waals surface area contributed by atoms with Crippen LogP contribution in [0.15, 0.2) is 4.79 Å². The van der Waals surface area contributed by atoms with Crippen LogP contribution in [0.1, 0.15) is 31.1 Å². The topological polar surface area (TPSA) is 47.0 Å². The van der Waals surface area contributed by atoms with Crippen LogP contribution in [-0.4, -0.2) is 16.4 Å². The summed E-state index contributed by atoms with van der Waals surface area (Å²) in [6, 6.07) is 0.314. The molecule has 1 aromatic heterocycles. The van der Waals surface area contributed by atoms with Gasteiger partial charge >= 0.3 is 0 Å². The number of hydrogen-bond acceptors (Lipinski definition) is 2. The summed E-state index contributed by atoms with van der Waals surface area (Å²) in [6.07, 6.45) is 0.840. The zero-order valence-electron chi connectivity index (χ0n) is 7.96. The quantitative estimate of drug-likeness (QED) is 0.699. The van der Waals surface area contributed by atoms with E-state index >= 15 is 0 Å². The molecule has 2 rings (SSSR count). The third kappa shape index (κ3) is 1.31. The Kier molecular flexibility index (Phi) is 2.00.